The second-order valence-corrected chi connectivity index (χ2v) is 11.8. The van der Waals surface area contributed by atoms with E-state index in [2.05, 4.69) is 57.3 Å². The highest BCUT2D eigenvalue weighted by molar-refractivity contribution is 9.10. The molecule has 34 heavy (non-hydrogen) atoms. The van der Waals surface area contributed by atoms with Crippen LogP contribution in [-0.2, 0) is 17.6 Å². The van der Waals surface area contributed by atoms with Crippen molar-refractivity contribution in [3.63, 3.8) is 0 Å². The minimum Gasteiger partial charge on any atom is -0.444 e. The molecular formula is C28H30BrN3O2. The molecule has 2 unspecified atom stereocenters. The minimum absolute atomic E-state index is 0.0368. The van der Waals surface area contributed by atoms with Gasteiger partial charge in [-0.05, 0) is 105 Å². The number of carbonyl (C=O) groups excluding carboxylic acids is 1. The molecule has 2 aliphatic carbocycles. The number of nitrogens with one attached hydrogen (secondary N) is 1. The fourth-order valence-corrected chi connectivity index (χ4v) is 6.49. The van der Waals surface area contributed by atoms with Crippen LogP contribution in [0.25, 0.3) is 22.4 Å². The smallest absolute Gasteiger partial charge is 0.411 e. The maximum Gasteiger partial charge on any atom is 0.411 e. The van der Waals surface area contributed by atoms with E-state index < -0.39 is 5.60 Å². The van der Waals surface area contributed by atoms with Crippen LogP contribution in [0, 0.1) is 5.92 Å². The molecule has 2 heterocycles. The highest BCUT2D eigenvalue weighted by atomic mass is 79.9. The average molecular weight is 520 g/mol. The van der Waals surface area contributed by atoms with Crippen molar-refractivity contribution in [2.45, 2.75) is 70.6 Å². The monoisotopic (exact) mass is 519 g/mol. The van der Waals surface area contributed by atoms with Gasteiger partial charge in [-0.15, -0.1) is 0 Å². The van der Waals surface area contributed by atoms with E-state index in [0.29, 0.717) is 5.92 Å². The lowest BCUT2D eigenvalue weighted by molar-refractivity contribution is 0.00620. The molecule has 1 N–H and O–H groups in total. The van der Waals surface area contributed by atoms with Gasteiger partial charge in [0.25, 0.3) is 0 Å². The molecule has 1 aliphatic heterocycles. The van der Waals surface area contributed by atoms with E-state index >= 15 is 0 Å². The number of piperidine rings is 1. The van der Waals surface area contributed by atoms with Crippen LogP contribution < -0.4 is 0 Å². The Kier molecular flexibility index (Phi) is 5.14. The summed E-state index contributed by atoms with van der Waals surface area (Å²) in [5.41, 5.74) is 7.07. The molecule has 6 rings (SSSR count). The van der Waals surface area contributed by atoms with Crippen molar-refractivity contribution >= 4 is 22.0 Å². The van der Waals surface area contributed by atoms with Gasteiger partial charge in [0.2, 0.25) is 0 Å². The number of H-pyrrole nitrogens is 1. The number of imidazole rings is 1. The molecular weight excluding hydrogens is 490 g/mol. The molecule has 1 aromatic heterocycles. The lowest BCUT2D eigenvalue weighted by Gasteiger charge is -2.35. The minimum atomic E-state index is -0.504. The van der Waals surface area contributed by atoms with E-state index in [4.69, 9.17) is 9.72 Å². The van der Waals surface area contributed by atoms with Crippen LogP contribution >= 0.6 is 15.9 Å². The Bertz CT molecular complexity index is 1270. The quantitative estimate of drug-likeness (QED) is 0.393. The number of ether oxygens (including phenoxy) is 1. The standard InChI is InChI=1S/C28H30BrN3O2/c1-28(2,3)34-27(33)32-21-9-6-19(14-21)25(32)26-30-15-24(31-26)18-7-10-22-16(12-18)4-5-17-13-20(29)8-11-23(17)22/h7-8,10-13,15,19,21,25H,4-6,9,14H2,1-3H3,(H,30,31)/t19?,21?,25-/m0/s1. The van der Waals surface area contributed by atoms with E-state index in [1.807, 2.05) is 31.9 Å². The molecule has 0 spiro atoms. The third kappa shape index (κ3) is 3.76. The van der Waals surface area contributed by atoms with Crippen LogP contribution in [0.2, 0.25) is 0 Å². The van der Waals surface area contributed by atoms with E-state index in [1.54, 1.807) is 0 Å². The summed E-state index contributed by atoms with van der Waals surface area (Å²) in [5, 5.41) is 0. The van der Waals surface area contributed by atoms with Gasteiger partial charge >= 0.3 is 6.09 Å². The molecule has 3 atom stereocenters. The topological polar surface area (TPSA) is 58.2 Å². The van der Waals surface area contributed by atoms with Crippen LogP contribution in [0.3, 0.4) is 0 Å². The molecule has 3 aromatic rings. The largest absolute Gasteiger partial charge is 0.444 e. The Hall–Kier alpha value is -2.60. The predicted molar refractivity (Wildman–Crippen MR) is 137 cm³/mol. The first-order chi connectivity index (χ1) is 16.3. The highest BCUT2D eigenvalue weighted by Crippen LogP contribution is 2.50. The number of hydrogen-bond acceptors (Lipinski definition) is 3. The number of aryl methyl sites for hydroxylation is 2. The lowest BCUT2D eigenvalue weighted by Crippen LogP contribution is -2.43. The van der Waals surface area contributed by atoms with Crippen molar-refractivity contribution in [1.29, 1.82) is 0 Å². The molecule has 2 fully saturated rings. The summed E-state index contributed by atoms with van der Waals surface area (Å²) in [6, 6.07) is 13.5. The van der Waals surface area contributed by atoms with Gasteiger partial charge in [0.05, 0.1) is 17.9 Å². The molecule has 2 aromatic carbocycles. The first-order valence-electron chi connectivity index (χ1n) is 12.3. The number of rotatable bonds is 2. The number of aromatic nitrogens is 2. The number of carbonyl (C=O) groups is 1. The van der Waals surface area contributed by atoms with Crippen molar-refractivity contribution in [1.82, 2.24) is 14.9 Å². The first kappa shape index (κ1) is 21.9. The van der Waals surface area contributed by atoms with Crippen LogP contribution in [-0.4, -0.2) is 32.6 Å². The first-order valence-corrected chi connectivity index (χ1v) is 13.0. The van der Waals surface area contributed by atoms with Crippen LogP contribution in [0.5, 0.6) is 0 Å². The Morgan fingerprint density at radius 3 is 2.59 bits per heavy atom. The summed E-state index contributed by atoms with van der Waals surface area (Å²) in [6.07, 6.45) is 7.01. The molecule has 3 aliphatic rings. The Morgan fingerprint density at radius 1 is 1.09 bits per heavy atom. The third-order valence-corrected chi connectivity index (χ3v) is 8.00. The number of nitrogens with zero attached hydrogens (tertiary/aromatic N) is 2. The predicted octanol–water partition coefficient (Wildman–Crippen LogP) is 7.07. The second-order valence-electron chi connectivity index (χ2n) is 10.9. The summed E-state index contributed by atoms with van der Waals surface area (Å²) in [7, 11) is 0. The molecule has 176 valence electrons. The highest BCUT2D eigenvalue weighted by Gasteiger charge is 2.51. The Balaban J connectivity index is 1.29. The zero-order valence-corrected chi connectivity index (χ0v) is 21.5. The number of aromatic amines is 1. The van der Waals surface area contributed by atoms with Crippen molar-refractivity contribution in [2.24, 2.45) is 5.92 Å². The molecule has 5 nitrogen and oxygen atoms in total. The average Bonchev–Trinajstić information content (AvgIpc) is 3.53. The number of fused-ring (bicyclic) bond motifs is 5. The van der Waals surface area contributed by atoms with E-state index in [9.17, 15) is 4.79 Å². The van der Waals surface area contributed by atoms with Gasteiger partial charge in [0.15, 0.2) is 0 Å². The van der Waals surface area contributed by atoms with Gasteiger partial charge in [-0.1, -0.05) is 34.1 Å². The van der Waals surface area contributed by atoms with E-state index in [0.717, 1.165) is 53.7 Å². The molecule has 1 saturated heterocycles. The van der Waals surface area contributed by atoms with Gasteiger partial charge in [-0.2, -0.15) is 0 Å². The number of hydrogen-bond donors (Lipinski definition) is 1. The molecule has 1 amide bonds. The van der Waals surface area contributed by atoms with Crippen molar-refractivity contribution in [3.05, 3.63) is 64.0 Å². The molecule has 1 saturated carbocycles. The zero-order chi connectivity index (χ0) is 23.6. The summed E-state index contributed by atoms with van der Waals surface area (Å²) in [5.74, 6) is 1.32. The van der Waals surface area contributed by atoms with Crippen LogP contribution in [0.4, 0.5) is 4.79 Å². The fourth-order valence-electron chi connectivity index (χ4n) is 6.08. The molecule has 2 bridgehead atoms. The fraction of sp³-hybridized carbons (Fsp3) is 0.429. The normalized spacial score (nSPS) is 23.1. The van der Waals surface area contributed by atoms with Gasteiger partial charge < -0.3 is 9.72 Å². The van der Waals surface area contributed by atoms with E-state index in [-0.39, 0.29) is 18.2 Å². The number of likely N-dealkylation sites (tertiary alicyclic amines) is 1. The summed E-state index contributed by atoms with van der Waals surface area (Å²) in [6.45, 7) is 5.77. The van der Waals surface area contributed by atoms with Crippen molar-refractivity contribution in [3.8, 4) is 22.4 Å². The lowest BCUT2D eigenvalue weighted by atomic mass is 9.84. The number of benzene rings is 2. The Morgan fingerprint density at radius 2 is 1.82 bits per heavy atom. The number of halogens is 1. The SMILES string of the molecule is CC(C)(C)OC(=O)N1C2CCC(C2)[C@H]1c1ncc(-c2ccc3c(c2)CCc2cc(Br)ccc2-3)[nH]1. The second kappa shape index (κ2) is 7.98. The Labute approximate surface area is 209 Å². The van der Waals surface area contributed by atoms with Gasteiger partial charge in [-0.25, -0.2) is 9.78 Å². The maximum atomic E-state index is 13.1. The van der Waals surface area contributed by atoms with Crippen molar-refractivity contribution in [2.75, 3.05) is 0 Å². The zero-order valence-electron chi connectivity index (χ0n) is 19.9. The molecule has 0 radical (unpaired) electrons. The van der Waals surface area contributed by atoms with Gasteiger partial charge in [0, 0.05) is 10.5 Å². The van der Waals surface area contributed by atoms with Gasteiger partial charge in [-0.3, -0.25) is 4.90 Å². The summed E-state index contributed by atoms with van der Waals surface area (Å²) < 4.78 is 6.89. The molecule has 6 heteroatoms. The van der Waals surface area contributed by atoms with Crippen LogP contribution in [0.15, 0.2) is 47.1 Å². The summed E-state index contributed by atoms with van der Waals surface area (Å²) in [4.78, 5) is 23.3. The number of amides is 1. The summed E-state index contributed by atoms with van der Waals surface area (Å²) >= 11 is 3.60. The third-order valence-electron chi connectivity index (χ3n) is 7.50. The van der Waals surface area contributed by atoms with Gasteiger partial charge in [0.1, 0.15) is 11.4 Å². The van der Waals surface area contributed by atoms with Crippen LogP contribution in [0.1, 0.15) is 63.0 Å². The van der Waals surface area contributed by atoms with Crippen molar-refractivity contribution < 1.29 is 9.53 Å². The van der Waals surface area contributed by atoms with E-state index in [1.165, 1.54) is 22.3 Å². The maximum absolute atomic E-state index is 13.1.